The summed E-state index contributed by atoms with van der Waals surface area (Å²) in [4.78, 5) is 14.0. The highest BCUT2D eigenvalue weighted by atomic mass is 35.5. The lowest BCUT2D eigenvalue weighted by atomic mass is 10.2. The first-order chi connectivity index (χ1) is 6.00. The summed E-state index contributed by atoms with van der Waals surface area (Å²) in [5.41, 5.74) is 5.88. The molecule has 0 aromatic carbocycles. The number of nitrogens with one attached hydrogen (secondary N) is 1. The minimum Gasteiger partial charge on any atom is -0.348 e. The molecule has 0 bridgehead atoms. The van der Waals surface area contributed by atoms with Crippen molar-refractivity contribution in [3.05, 3.63) is 32.2 Å². The second-order valence-electron chi connectivity index (χ2n) is 2.96. The molecule has 3 N–H and O–H groups in total. The van der Waals surface area contributed by atoms with Gasteiger partial charge in [-0.3, -0.25) is 4.79 Å². The van der Waals surface area contributed by atoms with E-state index in [-0.39, 0.29) is 21.6 Å². The van der Waals surface area contributed by atoms with Crippen molar-refractivity contribution in [2.75, 3.05) is 0 Å². The van der Waals surface area contributed by atoms with E-state index in [1.54, 1.807) is 0 Å². The summed E-state index contributed by atoms with van der Waals surface area (Å²) in [5.74, 6) is 0. The molecule has 72 valence electrons. The van der Waals surface area contributed by atoms with E-state index < -0.39 is 0 Å². The number of rotatable bonds is 2. The number of pyridine rings is 1. The summed E-state index contributed by atoms with van der Waals surface area (Å²) >= 11 is 11.4. The van der Waals surface area contributed by atoms with E-state index in [2.05, 4.69) is 4.98 Å². The van der Waals surface area contributed by atoms with E-state index >= 15 is 0 Å². The van der Waals surface area contributed by atoms with Crippen LogP contribution in [-0.4, -0.2) is 11.0 Å². The first-order valence-corrected chi connectivity index (χ1v) is 4.59. The van der Waals surface area contributed by atoms with Gasteiger partial charge in [-0.2, -0.15) is 0 Å². The van der Waals surface area contributed by atoms with Crippen LogP contribution < -0.4 is 11.2 Å². The minimum atomic E-state index is -0.277. The molecule has 0 radical (unpaired) electrons. The molecule has 0 aliphatic heterocycles. The standard InChI is InChI=1S/C8H10Cl2N2O/c1-4(11)2-5-8(10)6(13)3-7(9)12-5/h3-4H,2,11H2,1H3,(H,12,13). The second-order valence-corrected chi connectivity index (χ2v) is 3.74. The maximum Gasteiger partial charge on any atom is 0.201 e. The minimum absolute atomic E-state index is 0.0633. The van der Waals surface area contributed by atoms with Gasteiger partial charge >= 0.3 is 0 Å². The maximum absolute atomic E-state index is 11.2. The van der Waals surface area contributed by atoms with Crippen LogP contribution in [0, 0.1) is 0 Å². The van der Waals surface area contributed by atoms with Crippen LogP contribution in [0.4, 0.5) is 0 Å². The average Bonchev–Trinajstić information content (AvgIpc) is 1.98. The van der Waals surface area contributed by atoms with Crippen LogP contribution in [-0.2, 0) is 6.42 Å². The number of aromatic amines is 1. The van der Waals surface area contributed by atoms with Crippen molar-refractivity contribution >= 4 is 23.2 Å². The molecule has 1 atom stereocenters. The Morgan fingerprint density at radius 3 is 2.77 bits per heavy atom. The van der Waals surface area contributed by atoms with Crippen molar-refractivity contribution in [1.82, 2.24) is 4.98 Å². The molecule has 1 rings (SSSR count). The smallest absolute Gasteiger partial charge is 0.201 e. The maximum atomic E-state index is 11.2. The Kier molecular flexibility index (Phi) is 3.36. The quantitative estimate of drug-likeness (QED) is 0.744. The van der Waals surface area contributed by atoms with E-state index in [1.165, 1.54) is 6.07 Å². The molecule has 5 heteroatoms. The third-order valence-electron chi connectivity index (χ3n) is 1.54. The molecule has 1 aromatic rings. The summed E-state index contributed by atoms with van der Waals surface area (Å²) < 4.78 is 0. The molecule has 1 aromatic heterocycles. The van der Waals surface area contributed by atoms with Gasteiger partial charge < -0.3 is 10.7 Å². The highest BCUT2D eigenvalue weighted by Crippen LogP contribution is 2.13. The van der Waals surface area contributed by atoms with Gasteiger partial charge in [0.25, 0.3) is 0 Å². The first-order valence-electron chi connectivity index (χ1n) is 3.83. The Bertz CT molecular complexity index is 360. The molecule has 0 aliphatic rings. The predicted octanol–water partition coefficient (Wildman–Crippen LogP) is 1.57. The molecule has 3 nitrogen and oxygen atoms in total. The third kappa shape index (κ3) is 2.72. The average molecular weight is 221 g/mol. The Morgan fingerprint density at radius 1 is 1.62 bits per heavy atom. The van der Waals surface area contributed by atoms with E-state index in [1.807, 2.05) is 6.92 Å². The first kappa shape index (κ1) is 10.6. The Balaban J connectivity index is 3.13. The van der Waals surface area contributed by atoms with Gasteiger partial charge in [-0.05, 0) is 6.92 Å². The topological polar surface area (TPSA) is 58.9 Å². The van der Waals surface area contributed by atoms with Crippen LogP contribution >= 0.6 is 23.2 Å². The van der Waals surface area contributed by atoms with Crippen LogP contribution in [0.5, 0.6) is 0 Å². The zero-order valence-electron chi connectivity index (χ0n) is 7.10. The van der Waals surface area contributed by atoms with E-state index in [0.717, 1.165) is 0 Å². The molecule has 13 heavy (non-hydrogen) atoms. The summed E-state index contributed by atoms with van der Waals surface area (Å²) in [7, 11) is 0. The summed E-state index contributed by atoms with van der Waals surface area (Å²) in [5, 5.41) is 0.451. The van der Waals surface area contributed by atoms with Crippen LogP contribution in [0.1, 0.15) is 12.6 Å². The zero-order chi connectivity index (χ0) is 10.0. The lowest BCUT2D eigenvalue weighted by Crippen LogP contribution is -2.20. The molecule has 1 unspecified atom stereocenters. The molecule has 0 aliphatic carbocycles. The van der Waals surface area contributed by atoms with Crippen molar-refractivity contribution in [3.63, 3.8) is 0 Å². The summed E-state index contributed by atoms with van der Waals surface area (Å²) in [6.07, 6.45) is 0.509. The number of nitrogens with two attached hydrogens (primary N) is 1. The molecule has 1 heterocycles. The summed E-state index contributed by atoms with van der Waals surface area (Å²) in [6.45, 7) is 1.83. The van der Waals surface area contributed by atoms with Crippen LogP contribution in [0.15, 0.2) is 10.9 Å². The van der Waals surface area contributed by atoms with Crippen LogP contribution in [0.25, 0.3) is 0 Å². The van der Waals surface area contributed by atoms with Gasteiger partial charge in [0.2, 0.25) is 5.43 Å². The van der Waals surface area contributed by atoms with E-state index in [0.29, 0.717) is 12.1 Å². The molecule has 0 saturated heterocycles. The molecule has 0 fully saturated rings. The van der Waals surface area contributed by atoms with E-state index in [4.69, 9.17) is 28.9 Å². The van der Waals surface area contributed by atoms with Crippen molar-refractivity contribution in [2.24, 2.45) is 5.73 Å². The molecule has 0 saturated carbocycles. The zero-order valence-corrected chi connectivity index (χ0v) is 8.62. The van der Waals surface area contributed by atoms with Crippen molar-refractivity contribution in [1.29, 1.82) is 0 Å². The highest BCUT2D eigenvalue weighted by molar-refractivity contribution is 6.32. The molecular weight excluding hydrogens is 211 g/mol. The fourth-order valence-corrected chi connectivity index (χ4v) is 1.42. The molecule has 0 amide bonds. The normalized spacial score (nSPS) is 12.9. The lowest BCUT2D eigenvalue weighted by molar-refractivity contribution is 0.722. The van der Waals surface area contributed by atoms with Gasteiger partial charge in [-0.25, -0.2) is 0 Å². The Labute approximate surface area is 85.9 Å². The second kappa shape index (κ2) is 4.13. The van der Waals surface area contributed by atoms with Crippen LogP contribution in [0.2, 0.25) is 10.2 Å². The molecule has 0 spiro atoms. The monoisotopic (exact) mass is 220 g/mol. The lowest BCUT2D eigenvalue weighted by Gasteiger charge is -2.07. The van der Waals surface area contributed by atoms with Crippen LogP contribution in [0.3, 0.4) is 0 Å². The Hall–Kier alpha value is -0.510. The third-order valence-corrected chi connectivity index (χ3v) is 2.15. The van der Waals surface area contributed by atoms with Crippen molar-refractivity contribution < 1.29 is 0 Å². The number of halogens is 2. The fraction of sp³-hybridized carbons (Fsp3) is 0.375. The van der Waals surface area contributed by atoms with E-state index in [9.17, 15) is 4.79 Å². The van der Waals surface area contributed by atoms with Gasteiger partial charge in [0.15, 0.2) is 0 Å². The van der Waals surface area contributed by atoms with Gasteiger partial charge in [-0.1, -0.05) is 23.2 Å². The number of hydrogen-bond donors (Lipinski definition) is 2. The fourth-order valence-electron chi connectivity index (χ4n) is 1.02. The van der Waals surface area contributed by atoms with Gasteiger partial charge in [0.1, 0.15) is 10.2 Å². The van der Waals surface area contributed by atoms with Gasteiger partial charge in [0, 0.05) is 24.2 Å². The largest absolute Gasteiger partial charge is 0.348 e. The predicted molar refractivity (Wildman–Crippen MR) is 54.4 cm³/mol. The highest BCUT2D eigenvalue weighted by Gasteiger charge is 2.08. The SMILES string of the molecule is CC(N)Cc1[nH]c(Cl)cc(=O)c1Cl. The molecular formula is C8H10Cl2N2O. The number of aromatic nitrogens is 1. The Morgan fingerprint density at radius 2 is 2.23 bits per heavy atom. The number of hydrogen-bond acceptors (Lipinski definition) is 2. The van der Waals surface area contributed by atoms with Crippen molar-refractivity contribution in [2.45, 2.75) is 19.4 Å². The number of H-pyrrole nitrogens is 1. The van der Waals surface area contributed by atoms with Gasteiger partial charge in [-0.15, -0.1) is 0 Å². The van der Waals surface area contributed by atoms with Crippen molar-refractivity contribution in [3.8, 4) is 0 Å². The summed E-state index contributed by atoms with van der Waals surface area (Å²) in [6, 6.07) is 1.18. The van der Waals surface area contributed by atoms with Gasteiger partial charge in [0.05, 0.1) is 0 Å².